The predicted octanol–water partition coefficient (Wildman–Crippen LogP) is 4.30. The molecule has 0 bridgehead atoms. The lowest BCUT2D eigenvalue weighted by Gasteiger charge is -2.36. The molecule has 0 aliphatic carbocycles. The molecule has 18 heavy (non-hydrogen) atoms. The highest BCUT2D eigenvalue weighted by Gasteiger charge is 2.34. The van der Waals surface area contributed by atoms with Crippen molar-refractivity contribution in [2.75, 3.05) is 13.1 Å². The van der Waals surface area contributed by atoms with Crippen LogP contribution in [0.2, 0.25) is 10.0 Å². The Bertz CT molecular complexity index is 439. The van der Waals surface area contributed by atoms with Gasteiger partial charge in [-0.1, -0.05) is 37.0 Å². The molecule has 1 aromatic rings. The van der Waals surface area contributed by atoms with Crippen molar-refractivity contribution in [2.45, 2.75) is 33.2 Å². The average Bonchev–Trinajstić information content (AvgIpc) is 2.32. The second-order valence-corrected chi connectivity index (χ2v) is 5.53. The van der Waals surface area contributed by atoms with E-state index >= 15 is 0 Å². The minimum atomic E-state index is -0.585. The van der Waals surface area contributed by atoms with Crippen LogP contribution in [0.3, 0.4) is 0 Å². The van der Waals surface area contributed by atoms with Gasteiger partial charge in [-0.2, -0.15) is 0 Å². The Hall–Kier alpha value is -0.570. The van der Waals surface area contributed by atoms with Gasteiger partial charge >= 0.3 is 0 Å². The van der Waals surface area contributed by atoms with Gasteiger partial charge in [-0.3, -0.25) is 9.69 Å². The lowest BCUT2D eigenvalue weighted by molar-refractivity contribution is 0.0669. The molecular formula is C14H19Cl2NO. The number of halogens is 2. The fourth-order valence-electron chi connectivity index (χ4n) is 2.16. The van der Waals surface area contributed by atoms with Gasteiger partial charge in [0.1, 0.15) is 0 Å². The second-order valence-electron chi connectivity index (χ2n) is 4.68. The van der Waals surface area contributed by atoms with Crippen LogP contribution in [-0.4, -0.2) is 29.3 Å². The van der Waals surface area contributed by atoms with Crippen molar-refractivity contribution in [3.63, 3.8) is 0 Å². The first-order valence-electron chi connectivity index (χ1n) is 6.09. The van der Waals surface area contributed by atoms with Crippen molar-refractivity contribution in [1.82, 2.24) is 4.90 Å². The molecule has 0 atom stereocenters. The molecule has 1 rings (SSSR count). The van der Waals surface area contributed by atoms with Gasteiger partial charge in [0.25, 0.3) is 0 Å². The van der Waals surface area contributed by atoms with E-state index in [0.29, 0.717) is 15.6 Å². The highest BCUT2D eigenvalue weighted by Crippen LogP contribution is 2.27. The van der Waals surface area contributed by atoms with Crippen molar-refractivity contribution in [2.24, 2.45) is 0 Å². The number of likely N-dealkylation sites (N-methyl/N-ethyl adjacent to an activating group) is 1. The quantitative estimate of drug-likeness (QED) is 0.753. The maximum atomic E-state index is 12.6. The molecule has 0 N–H and O–H groups in total. The molecule has 100 valence electrons. The molecule has 0 heterocycles. The normalized spacial score (nSPS) is 11.9. The minimum absolute atomic E-state index is 0.00120. The zero-order valence-corrected chi connectivity index (χ0v) is 12.8. The molecule has 0 spiro atoms. The molecule has 0 aliphatic heterocycles. The number of rotatable bonds is 5. The third-order valence-electron chi connectivity index (χ3n) is 3.28. The van der Waals surface area contributed by atoms with Crippen molar-refractivity contribution in [3.8, 4) is 0 Å². The summed E-state index contributed by atoms with van der Waals surface area (Å²) in [6.45, 7) is 9.54. The number of carbonyl (C=O) groups is 1. The molecule has 4 heteroatoms. The van der Waals surface area contributed by atoms with Gasteiger partial charge in [0.2, 0.25) is 0 Å². The summed E-state index contributed by atoms with van der Waals surface area (Å²) in [5.74, 6) is -0.00120. The number of Topliss-reactive ketones (excluding diaryl/α,β-unsaturated/α-hetero) is 1. The topological polar surface area (TPSA) is 20.3 Å². The number of hydrogen-bond acceptors (Lipinski definition) is 2. The first-order valence-corrected chi connectivity index (χ1v) is 6.85. The van der Waals surface area contributed by atoms with Crippen LogP contribution in [0.4, 0.5) is 0 Å². The van der Waals surface area contributed by atoms with E-state index in [9.17, 15) is 4.79 Å². The largest absolute Gasteiger partial charge is 0.292 e. The average molecular weight is 288 g/mol. The van der Waals surface area contributed by atoms with Crippen molar-refractivity contribution in [3.05, 3.63) is 33.8 Å². The molecule has 0 saturated carbocycles. The van der Waals surface area contributed by atoms with Crippen LogP contribution in [0.1, 0.15) is 38.1 Å². The Morgan fingerprint density at radius 3 is 2.28 bits per heavy atom. The summed E-state index contributed by atoms with van der Waals surface area (Å²) < 4.78 is 0. The molecule has 0 amide bonds. The molecule has 0 fully saturated rings. The Morgan fingerprint density at radius 1 is 1.22 bits per heavy atom. The van der Waals surface area contributed by atoms with Gasteiger partial charge in [-0.05, 0) is 45.1 Å². The van der Waals surface area contributed by atoms with E-state index in [0.717, 1.165) is 13.1 Å². The summed E-state index contributed by atoms with van der Waals surface area (Å²) in [6, 6.07) is 4.98. The standard InChI is InChI=1S/C14H19Cl2NO/c1-5-17(6-2)14(3,4)13(18)11-9-10(15)7-8-12(11)16/h7-9H,5-6H2,1-4H3. The van der Waals surface area contributed by atoms with Crippen LogP contribution in [0, 0.1) is 0 Å². The fraction of sp³-hybridized carbons (Fsp3) is 0.500. The second kappa shape index (κ2) is 6.05. The Kier molecular flexibility index (Phi) is 5.20. The third-order valence-corrected chi connectivity index (χ3v) is 3.85. The van der Waals surface area contributed by atoms with E-state index in [2.05, 4.69) is 4.90 Å². The van der Waals surface area contributed by atoms with E-state index < -0.39 is 5.54 Å². The van der Waals surface area contributed by atoms with E-state index in [4.69, 9.17) is 23.2 Å². The van der Waals surface area contributed by atoms with E-state index in [1.807, 2.05) is 27.7 Å². The predicted molar refractivity (Wildman–Crippen MR) is 77.8 cm³/mol. The highest BCUT2D eigenvalue weighted by atomic mass is 35.5. The molecule has 0 aliphatic rings. The van der Waals surface area contributed by atoms with E-state index in [1.54, 1.807) is 18.2 Å². The molecule has 0 aromatic heterocycles. The lowest BCUT2D eigenvalue weighted by atomic mass is 9.91. The highest BCUT2D eigenvalue weighted by molar-refractivity contribution is 6.36. The van der Waals surface area contributed by atoms with Gasteiger partial charge in [0.15, 0.2) is 5.78 Å². The van der Waals surface area contributed by atoms with Gasteiger partial charge in [0, 0.05) is 10.6 Å². The van der Waals surface area contributed by atoms with Crippen LogP contribution in [-0.2, 0) is 0 Å². The van der Waals surface area contributed by atoms with Crippen molar-refractivity contribution < 1.29 is 4.79 Å². The summed E-state index contributed by atoms with van der Waals surface area (Å²) in [7, 11) is 0. The Morgan fingerprint density at radius 2 is 1.78 bits per heavy atom. The summed E-state index contributed by atoms with van der Waals surface area (Å²) in [6.07, 6.45) is 0. The van der Waals surface area contributed by atoms with Crippen LogP contribution >= 0.6 is 23.2 Å². The smallest absolute Gasteiger partial charge is 0.184 e. The fourth-order valence-corrected chi connectivity index (χ4v) is 2.53. The number of hydrogen-bond donors (Lipinski definition) is 0. The molecule has 0 radical (unpaired) electrons. The maximum absolute atomic E-state index is 12.6. The SMILES string of the molecule is CCN(CC)C(C)(C)C(=O)c1cc(Cl)ccc1Cl. The maximum Gasteiger partial charge on any atom is 0.184 e. The number of ketones is 1. The summed E-state index contributed by atoms with van der Waals surface area (Å²) in [5.41, 5.74) is -0.0984. The molecule has 0 unspecified atom stereocenters. The summed E-state index contributed by atoms with van der Waals surface area (Å²) in [5, 5.41) is 0.975. The summed E-state index contributed by atoms with van der Waals surface area (Å²) >= 11 is 12.0. The number of carbonyl (C=O) groups excluding carboxylic acids is 1. The van der Waals surface area contributed by atoms with Crippen molar-refractivity contribution in [1.29, 1.82) is 0 Å². The van der Waals surface area contributed by atoms with Gasteiger partial charge in [-0.15, -0.1) is 0 Å². The number of nitrogens with zero attached hydrogens (tertiary/aromatic N) is 1. The Balaban J connectivity index is 3.16. The van der Waals surface area contributed by atoms with Crippen LogP contribution in [0.5, 0.6) is 0 Å². The minimum Gasteiger partial charge on any atom is -0.292 e. The molecule has 1 aromatic carbocycles. The van der Waals surface area contributed by atoms with E-state index in [-0.39, 0.29) is 5.78 Å². The zero-order chi connectivity index (χ0) is 13.9. The van der Waals surface area contributed by atoms with E-state index in [1.165, 1.54) is 0 Å². The monoisotopic (exact) mass is 287 g/mol. The van der Waals surface area contributed by atoms with Gasteiger partial charge in [0.05, 0.1) is 10.6 Å². The zero-order valence-electron chi connectivity index (χ0n) is 11.3. The lowest BCUT2D eigenvalue weighted by Crippen LogP contribution is -2.50. The van der Waals surface area contributed by atoms with Gasteiger partial charge < -0.3 is 0 Å². The molecule has 2 nitrogen and oxygen atoms in total. The molecular weight excluding hydrogens is 269 g/mol. The first kappa shape index (κ1) is 15.5. The van der Waals surface area contributed by atoms with Crippen molar-refractivity contribution >= 4 is 29.0 Å². The van der Waals surface area contributed by atoms with Gasteiger partial charge in [-0.25, -0.2) is 0 Å². The summed E-state index contributed by atoms with van der Waals surface area (Å²) in [4.78, 5) is 14.7. The van der Waals surface area contributed by atoms with Crippen LogP contribution in [0.15, 0.2) is 18.2 Å². The first-order chi connectivity index (χ1) is 8.34. The third kappa shape index (κ3) is 3.05. The molecule has 0 saturated heterocycles. The Labute approximate surface area is 119 Å². The van der Waals surface area contributed by atoms with Crippen LogP contribution in [0.25, 0.3) is 0 Å². The number of benzene rings is 1. The van der Waals surface area contributed by atoms with Crippen LogP contribution < -0.4 is 0 Å².